The van der Waals surface area contributed by atoms with Gasteiger partial charge in [-0.15, -0.1) is 0 Å². The molecule has 0 spiro atoms. The number of hydrogen-bond acceptors (Lipinski definition) is 7. The molecular weight excluding hydrogens is 433 g/mol. The minimum Gasteiger partial charge on any atom is -0.756 e. The molecule has 0 aromatic carbocycles. The minimum atomic E-state index is -4.50. The van der Waals surface area contributed by atoms with E-state index < -0.39 is 33.1 Å². The predicted molar refractivity (Wildman–Crippen MR) is 125 cm³/mol. The molecule has 2 unspecified atom stereocenters. The Labute approximate surface area is 195 Å². The van der Waals surface area contributed by atoms with Gasteiger partial charge in [-0.3, -0.25) is 9.36 Å². The van der Waals surface area contributed by atoms with Crippen molar-refractivity contribution < 1.29 is 37.6 Å². The maximum absolute atomic E-state index is 11.9. The first-order chi connectivity index (χ1) is 15.1. The van der Waals surface area contributed by atoms with E-state index in [0.29, 0.717) is 11.0 Å². The second-order valence-electron chi connectivity index (χ2n) is 9.52. The predicted octanol–water partition coefficient (Wildman–Crippen LogP) is 4.19. The number of aliphatic hydroxyl groups excluding tert-OH is 1. The average molecular weight is 482 g/mol. The topological polar surface area (TPSA) is 105 Å². The summed E-state index contributed by atoms with van der Waals surface area (Å²) in [5.74, 6) is -0.452. The van der Waals surface area contributed by atoms with E-state index in [0.717, 1.165) is 19.3 Å². The second-order valence-corrected chi connectivity index (χ2v) is 10.9. The molecule has 2 atom stereocenters. The fourth-order valence-corrected chi connectivity index (χ4v) is 3.85. The van der Waals surface area contributed by atoms with Gasteiger partial charge in [-0.25, -0.2) is 0 Å². The van der Waals surface area contributed by atoms with Crippen molar-refractivity contribution in [2.45, 2.75) is 96.5 Å². The Morgan fingerprint density at radius 1 is 0.906 bits per heavy atom. The lowest BCUT2D eigenvalue weighted by atomic mass is 10.0. The van der Waals surface area contributed by atoms with Gasteiger partial charge in [0.05, 0.1) is 34.4 Å². The van der Waals surface area contributed by atoms with Crippen LogP contribution in [0, 0.1) is 0 Å². The molecule has 0 saturated carbocycles. The number of unbranched alkanes of at least 4 members (excludes halogenated alkanes) is 11. The van der Waals surface area contributed by atoms with E-state index in [4.69, 9.17) is 13.8 Å². The van der Waals surface area contributed by atoms with E-state index in [2.05, 4.69) is 6.92 Å². The third-order valence-corrected chi connectivity index (χ3v) is 6.13. The van der Waals surface area contributed by atoms with Crippen LogP contribution in [0.25, 0.3) is 0 Å². The van der Waals surface area contributed by atoms with Gasteiger partial charge in [-0.05, 0) is 6.42 Å². The third kappa shape index (κ3) is 21.4. The van der Waals surface area contributed by atoms with Crippen molar-refractivity contribution in [1.82, 2.24) is 0 Å². The zero-order chi connectivity index (χ0) is 24.3. The summed E-state index contributed by atoms with van der Waals surface area (Å²) >= 11 is 0. The lowest BCUT2D eigenvalue weighted by Gasteiger charge is -2.28. The van der Waals surface area contributed by atoms with Gasteiger partial charge in [0.15, 0.2) is 0 Å². The number of phosphoric ester groups is 1. The van der Waals surface area contributed by atoms with Crippen molar-refractivity contribution in [2.75, 3.05) is 47.5 Å². The van der Waals surface area contributed by atoms with Crippen molar-refractivity contribution in [3.05, 3.63) is 0 Å². The number of hydrogen-bond donors (Lipinski definition) is 1. The number of quaternary nitrogens is 1. The fourth-order valence-electron chi connectivity index (χ4n) is 3.12. The van der Waals surface area contributed by atoms with E-state index in [1.54, 1.807) is 0 Å². The number of carbonyl (C=O) groups excluding carboxylic acids is 1. The summed E-state index contributed by atoms with van der Waals surface area (Å²) in [6.07, 6.45) is 13.7. The molecule has 32 heavy (non-hydrogen) atoms. The molecule has 1 N–H and O–H groups in total. The van der Waals surface area contributed by atoms with Gasteiger partial charge in [-0.1, -0.05) is 77.6 Å². The van der Waals surface area contributed by atoms with E-state index in [-0.39, 0.29) is 13.0 Å². The number of aliphatic hydroxyl groups is 1. The first-order valence-corrected chi connectivity index (χ1v) is 13.8. The maximum Gasteiger partial charge on any atom is 0.306 e. The summed E-state index contributed by atoms with van der Waals surface area (Å²) in [4.78, 5) is 23.7. The van der Waals surface area contributed by atoms with Gasteiger partial charge in [0.1, 0.15) is 19.3 Å². The van der Waals surface area contributed by atoms with E-state index in [9.17, 15) is 19.4 Å². The first-order valence-electron chi connectivity index (χ1n) is 12.3. The summed E-state index contributed by atoms with van der Waals surface area (Å²) in [7, 11) is 1.24. The van der Waals surface area contributed by atoms with Crippen molar-refractivity contribution >= 4 is 13.8 Å². The highest BCUT2D eigenvalue weighted by molar-refractivity contribution is 7.45. The summed E-state index contributed by atoms with van der Waals surface area (Å²) in [5, 5.41) is 9.33. The van der Waals surface area contributed by atoms with Gasteiger partial charge in [0.25, 0.3) is 7.82 Å². The van der Waals surface area contributed by atoms with Crippen LogP contribution >= 0.6 is 7.82 Å². The standard InChI is InChI=1S/C23H48NO7P/c1-5-6-7-8-9-10-11-12-13-14-15-16-17-23(26)31-22(20-25)21-30-32(27,28)29-19-18-24(2,3)4/h22,25H,5-21H2,1-4H3. The van der Waals surface area contributed by atoms with Crippen LogP contribution in [0.15, 0.2) is 0 Å². The summed E-state index contributed by atoms with van der Waals surface area (Å²) in [5.41, 5.74) is 0. The zero-order valence-electron chi connectivity index (χ0n) is 20.9. The Morgan fingerprint density at radius 3 is 1.88 bits per heavy atom. The van der Waals surface area contributed by atoms with Crippen LogP contribution < -0.4 is 4.89 Å². The zero-order valence-corrected chi connectivity index (χ0v) is 21.8. The van der Waals surface area contributed by atoms with Crippen LogP contribution in [0.1, 0.15) is 90.4 Å². The van der Waals surface area contributed by atoms with E-state index >= 15 is 0 Å². The molecule has 0 saturated heterocycles. The lowest BCUT2D eigenvalue weighted by molar-refractivity contribution is -0.870. The smallest absolute Gasteiger partial charge is 0.306 e. The fraction of sp³-hybridized carbons (Fsp3) is 0.957. The molecule has 0 amide bonds. The molecular formula is C23H48NO7P. The van der Waals surface area contributed by atoms with Crippen LogP contribution in [0.5, 0.6) is 0 Å². The van der Waals surface area contributed by atoms with Gasteiger partial charge < -0.3 is 28.3 Å². The lowest BCUT2D eigenvalue weighted by Crippen LogP contribution is -2.37. The van der Waals surface area contributed by atoms with Crippen molar-refractivity contribution in [1.29, 1.82) is 0 Å². The number of nitrogens with zero attached hydrogens (tertiary/aromatic N) is 1. The van der Waals surface area contributed by atoms with Crippen LogP contribution in [0.3, 0.4) is 0 Å². The maximum atomic E-state index is 11.9. The third-order valence-electron chi connectivity index (χ3n) is 5.17. The van der Waals surface area contributed by atoms with Crippen molar-refractivity contribution in [3.63, 3.8) is 0 Å². The van der Waals surface area contributed by atoms with Gasteiger partial charge in [0, 0.05) is 6.42 Å². The molecule has 0 aliphatic heterocycles. The van der Waals surface area contributed by atoms with Crippen LogP contribution in [-0.2, 0) is 23.1 Å². The van der Waals surface area contributed by atoms with Crippen LogP contribution in [0.4, 0.5) is 0 Å². The number of phosphoric acid groups is 1. The first kappa shape index (κ1) is 31.5. The quantitative estimate of drug-likeness (QED) is 0.107. The molecule has 8 nitrogen and oxygen atoms in total. The van der Waals surface area contributed by atoms with Crippen molar-refractivity contribution in [3.8, 4) is 0 Å². The number of likely N-dealkylation sites (N-methyl/N-ethyl adjacent to an activating group) is 1. The minimum absolute atomic E-state index is 0.00713. The molecule has 192 valence electrons. The Kier molecular flexibility index (Phi) is 18.6. The number of rotatable bonds is 22. The monoisotopic (exact) mass is 481 g/mol. The van der Waals surface area contributed by atoms with Crippen LogP contribution in [-0.4, -0.2) is 69.2 Å². The Bertz CT molecular complexity index is 511. The SMILES string of the molecule is CCCCCCCCCCCCCCC(=O)OC(CO)COP(=O)([O-])OCC[N+](C)(C)C. The van der Waals surface area contributed by atoms with Gasteiger partial charge in [0.2, 0.25) is 0 Å². The molecule has 0 aromatic rings. The normalized spacial score (nSPS) is 14.8. The summed E-state index contributed by atoms with van der Waals surface area (Å²) in [6.45, 7) is 1.76. The molecule has 0 aliphatic carbocycles. The highest BCUT2D eigenvalue weighted by Crippen LogP contribution is 2.38. The molecule has 0 rings (SSSR count). The molecule has 0 bridgehead atoms. The molecule has 0 aliphatic rings. The number of esters is 1. The highest BCUT2D eigenvalue weighted by atomic mass is 31.2. The van der Waals surface area contributed by atoms with Crippen LogP contribution in [0.2, 0.25) is 0 Å². The molecule has 0 heterocycles. The van der Waals surface area contributed by atoms with Crippen molar-refractivity contribution in [2.24, 2.45) is 0 Å². The number of ether oxygens (including phenoxy) is 1. The van der Waals surface area contributed by atoms with E-state index in [1.165, 1.54) is 57.8 Å². The Hall–Kier alpha value is -0.500. The second kappa shape index (κ2) is 18.9. The van der Waals surface area contributed by atoms with Gasteiger partial charge >= 0.3 is 5.97 Å². The molecule has 0 fully saturated rings. The molecule has 0 aromatic heterocycles. The summed E-state index contributed by atoms with van der Waals surface area (Å²) < 4.78 is 27.0. The Balaban J connectivity index is 3.78. The average Bonchev–Trinajstić information content (AvgIpc) is 2.70. The van der Waals surface area contributed by atoms with Gasteiger partial charge in [-0.2, -0.15) is 0 Å². The highest BCUT2D eigenvalue weighted by Gasteiger charge is 2.19. The summed E-state index contributed by atoms with van der Waals surface area (Å²) in [6, 6.07) is 0. The largest absolute Gasteiger partial charge is 0.756 e. The molecule has 9 heteroatoms. The Morgan fingerprint density at radius 2 is 1.41 bits per heavy atom. The van der Waals surface area contributed by atoms with E-state index in [1.807, 2.05) is 21.1 Å². The molecule has 0 radical (unpaired) electrons. The number of carbonyl (C=O) groups is 1.